The van der Waals surface area contributed by atoms with Crippen LogP contribution < -0.4 is 5.32 Å². The molecule has 0 radical (unpaired) electrons. The first-order valence-electron chi connectivity index (χ1n) is 7.33. The third-order valence-electron chi connectivity index (χ3n) is 4.01. The van der Waals surface area contributed by atoms with Crippen molar-refractivity contribution in [3.05, 3.63) is 24.5 Å². The van der Waals surface area contributed by atoms with E-state index in [1.165, 1.54) is 19.0 Å². The van der Waals surface area contributed by atoms with E-state index in [0.29, 0.717) is 11.4 Å². The van der Waals surface area contributed by atoms with Crippen LogP contribution in [-0.2, 0) is 10.0 Å². The van der Waals surface area contributed by atoms with Gasteiger partial charge in [-0.05, 0) is 44.4 Å². The normalized spacial score (nSPS) is 23.9. The number of aromatic nitrogens is 1. The van der Waals surface area contributed by atoms with Crippen molar-refractivity contribution in [2.45, 2.75) is 49.1 Å². The zero-order valence-electron chi connectivity index (χ0n) is 11.5. The molecule has 2 heterocycles. The fourth-order valence-corrected chi connectivity index (χ4v) is 4.43. The van der Waals surface area contributed by atoms with Gasteiger partial charge in [0, 0.05) is 31.0 Å². The fraction of sp³-hybridized carbons (Fsp3) is 0.643. The summed E-state index contributed by atoms with van der Waals surface area (Å²) in [4.78, 5) is 4.25. The molecule has 0 aromatic carbocycles. The number of sulfonamides is 1. The van der Waals surface area contributed by atoms with Crippen LogP contribution in [0.3, 0.4) is 0 Å². The van der Waals surface area contributed by atoms with E-state index in [9.17, 15) is 8.42 Å². The van der Waals surface area contributed by atoms with Crippen molar-refractivity contribution in [3.8, 4) is 0 Å². The molecular formula is C14H21N3O2S. The lowest BCUT2D eigenvalue weighted by Gasteiger charge is -2.30. The van der Waals surface area contributed by atoms with Gasteiger partial charge < -0.3 is 5.32 Å². The van der Waals surface area contributed by atoms with Crippen molar-refractivity contribution in [2.75, 3.05) is 13.1 Å². The van der Waals surface area contributed by atoms with Gasteiger partial charge in [-0.15, -0.1) is 0 Å². The van der Waals surface area contributed by atoms with Crippen LogP contribution in [0.2, 0.25) is 0 Å². The number of nitrogens with one attached hydrogen (secondary N) is 1. The molecule has 1 N–H and O–H groups in total. The number of hydrogen-bond acceptors (Lipinski definition) is 4. The number of rotatable bonds is 5. The monoisotopic (exact) mass is 295 g/mol. The molecule has 0 spiro atoms. The van der Waals surface area contributed by atoms with E-state index < -0.39 is 10.0 Å². The average Bonchev–Trinajstić information content (AvgIpc) is 3.31. The maximum absolute atomic E-state index is 12.7. The van der Waals surface area contributed by atoms with Crippen LogP contribution in [0.1, 0.15) is 32.1 Å². The molecule has 1 aliphatic carbocycles. The van der Waals surface area contributed by atoms with Crippen LogP contribution in [0, 0.1) is 0 Å². The van der Waals surface area contributed by atoms with E-state index in [0.717, 1.165) is 25.8 Å². The van der Waals surface area contributed by atoms with Crippen molar-refractivity contribution >= 4 is 10.0 Å². The molecule has 3 rings (SSSR count). The van der Waals surface area contributed by atoms with Crippen molar-refractivity contribution < 1.29 is 8.42 Å². The summed E-state index contributed by atoms with van der Waals surface area (Å²) in [6.07, 6.45) is 8.44. The molecule has 1 aromatic rings. The molecule has 2 fully saturated rings. The summed E-state index contributed by atoms with van der Waals surface area (Å²) < 4.78 is 27.2. The molecular weight excluding hydrogens is 274 g/mol. The molecule has 5 nitrogen and oxygen atoms in total. The lowest BCUT2D eigenvalue weighted by molar-refractivity contribution is 0.307. The Labute approximate surface area is 120 Å². The first-order valence-corrected chi connectivity index (χ1v) is 8.77. The minimum absolute atomic E-state index is 0.184. The SMILES string of the molecule is O=S(=O)(c1cccnc1)N(CC1CCCCN1)C1CC1. The summed E-state index contributed by atoms with van der Waals surface area (Å²) in [5.41, 5.74) is 0. The number of hydrogen-bond donors (Lipinski definition) is 1. The summed E-state index contributed by atoms with van der Waals surface area (Å²) in [6, 6.07) is 3.78. The topological polar surface area (TPSA) is 62.3 Å². The summed E-state index contributed by atoms with van der Waals surface area (Å²) in [6.45, 7) is 1.58. The molecule has 1 saturated carbocycles. The highest BCUT2D eigenvalue weighted by atomic mass is 32.2. The van der Waals surface area contributed by atoms with E-state index in [-0.39, 0.29) is 12.1 Å². The van der Waals surface area contributed by atoms with Gasteiger partial charge in [-0.25, -0.2) is 8.42 Å². The van der Waals surface area contributed by atoms with Gasteiger partial charge in [0.2, 0.25) is 10.0 Å². The second-order valence-electron chi connectivity index (χ2n) is 5.64. The van der Waals surface area contributed by atoms with Crippen LogP contribution in [0.15, 0.2) is 29.4 Å². The van der Waals surface area contributed by atoms with E-state index in [2.05, 4.69) is 10.3 Å². The number of pyridine rings is 1. The Morgan fingerprint density at radius 1 is 1.30 bits per heavy atom. The van der Waals surface area contributed by atoms with Crippen LogP contribution in [0.4, 0.5) is 0 Å². The Balaban J connectivity index is 1.79. The lowest BCUT2D eigenvalue weighted by atomic mass is 10.1. The molecule has 1 aromatic heterocycles. The summed E-state index contributed by atoms with van der Waals surface area (Å²) in [5, 5.41) is 3.43. The van der Waals surface area contributed by atoms with Crippen molar-refractivity contribution in [2.24, 2.45) is 0 Å². The minimum atomic E-state index is -3.41. The van der Waals surface area contributed by atoms with Gasteiger partial charge in [0.1, 0.15) is 4.90 Å². The molecule has 1 atom stereocenters. The van der Waals surface area contributed by atoms with E-state index in [1.807, 2.05) is 0 Å². The van der Waals surface area contributed by atoms with Crippen LogP contribution in [-0.4, -0.2) is 42.9 Å². The van der Waals surface area contributed by atoms with Crippen LogP contribution in [0.5, 0.6) is 0 Å². The molecule has 1 aliphatic heterocycles. The Morgan fingerprint density at radius 2 is 2.15 bits per heavy atom. The maximum atomic E-state index is 12.7. The third kappa shape index (κ3) is 3.02. The van der Waals surface area contributed by atoms with Gasteiger partial charge in [0.25, 0.3) is 0 Å². The summed E-state index contributed by atoms with van der Waals surface area (Å²) in [5.74, 6) is 0. The fourth-order valence-electron chi connectivity index (χ4n) is 2.74. The molecule has 20 heavy (non-hydrogen) atoms. The van der Waals surface area contributed by atoms with Crippen LogP contribution in [0.25, 0.3) is 0 Å². The predicted molar refractivity (Wildman–Crippen MR) is 76.8 cm³/mol. The van der Waals surface area contributed by atoms with Gasteiger partial charge in [-0.2, -0.15) is 4.31 Å². The summed E-state index contributed by atoms with van der Waals surface area (Å²) in [7, 11) is -3.41. The standard InChI is InChI=1S/C14H21N3O2S/c18-20(19,14-5-3-8-15-10-14)17(13-6-7-13)11-12-4-1-2-9-16-12/h3,5,8,10,12-13,16H,1-2,4,6-7,9,11H2. The maximum Gasteiger partial charge on any atom is 0.244 e. The second-order valence-corrected chi connectivity index (χ2v) is 7.53. The predicted octanol–water partition coefficient (Wildman–Crippen LogP) is 1.38. The molecule has 0 bridgehead atoms. The van der Waals surface area contributed by atoms with Gasteiger partial charge in [-0.1, -0.05) is 6.42 Å². The minimum Gasteiger partial charge on any atom is -0.313 e. The molecule has 1 unspecified atom stereocenters. The Morgan fingerprint density at radius 3 is 2.75 bits per heavy atom. The highest BCUT2D eigenvalue weighted by Gasteiger charge is 2.39. The van der Waals surface area contributed by atoms with Crippen molar-refractivity contribution in [1.82, 2.24) is 14.6 Å². The lowest BCUT2D eigenvalue weighted by Crippen LogP contribution is -2.46. The first kappa shape index (κ1) is 14.0. The molecule has 2 aliphatic rings. The zero-order valence-corrected chi connectivity index (χ0v) is 12.3. The van der Waals surface area contributed by atoms with E-state index in [1.54, 1.807) is 22.6 Å². The van der Waals surface area contributed by atoms with E-state index >= 15 is 0 Å². The largest absolute Gasteiger partial charge is 0.313 e. The number of nitrogens with zero attached hydrogens (tertiary/aromatic N) is 2. The Hall–Kier alpha value is -0.980. The summed E-state index contributed by atoms with van der Waals surface area (Å²) >= 11 is 0. The van der Waals surface area contributed by atoms with Crippen molar-refractivity contribution in [3.63, 3.8) is 0 Å². The quantitative estimate of drug-likeness (QED) is 0.891. The molecule has 110 valence electrons. The molecule has 0 amide bonds. The van der Waals surface area contributed by atoms with Gasteiger partial charge in [0.05, 0.1) is 0 Å². The highest BCUT2D eigenvalue weighted by molar-refractivity contribution is 7.89. The van der Waals surface area contributed by atoms with E-state index in [4.69, 9.17) is 0 Å². The molecule has 6 heteroatoms. The van der Waals surface area contributed by atoms with Gasteiger partial charge in [0.15, 0.2) is 0 Å². The first-order chi connectivity index (χ1) is 9.68. The third-order valence-corrected chi connectivity index (χ3v) is 5.91. The average molecular weight is 295 g/mol. The smallest absolute Gasteiger partial charge is 0.244 e. The zero-order chi connectivity index (χ0) is 14.0. The highest BCUT2D eigenvalue weighted by Crippen LogP contribution is 2.32. The van der Waals surface area contributed by atoms with Gasteiger partial charge >= 0.3 is 0 Å². The van der Waals surface area contributed by atoms with Crippen LogP contribution >= 0.6 is 0 Å². The second kappa shape index (κ2) is 5.79. The number of piperidine rings is 1. The van der Waals surface area contributed by atoms with Gasteiger partial charge in [-0.3, -0.25) is 4.98 Å². The van der Waals surface area contributed by atoms with Crippen molar-refractivity contribution in [1.29, 1.82) is 0 Å². The Bertz CT molecular complexity index is 537. The molecule has 1 saturated heterocycles. The Kier molecular flexibility index (Phi) is 4.05.